The van der Waals surface area contributed by atoms with Crippen molar-refractivity contribution < 1.29 is 23.5 Å². The van der Waals surface area contributed by atoms with Crippen LogP contribution in [0.3, 0.4) is 0 Å². The first-order valence-corrected chi connectivity index (χ1v) is 13.2. The van der Waals surface area contributed by atoms with Crippen molar-refractivity contribution in [2.24, 2.45) is 5.92 Å². The van der Waals surface area contributed by atoms with E-state index < -0.39 is 11.9 Å². The van der Waals surface area contributed by atoms with Crippen LogP contribution in [0, 0.1) is 11.7 Å². The topological polar surface area (TPSA) is 98.6 Å². The fourth-order valence-electron chi connectivity index (χ4n) is 5.31. The van der Waals surface area contributed by atoms with Crippen molar-refractivity contribution in [3.05, 3.63) is 90.3 Å². The van der Waals surface area contributed by atoms with Gasteiger partial charge in [0.1, 0.15) is 23.9 Å². The number of amides is 2. The van der Waals surface area contributed by atoms with Crippen molar-refractivity contribution in [3.8, 4) is 11.5 Å². The Bertz CT molecular complexity index is 1590. The van der Waals surface area contributed by atoms with Gasteiger partial charge in [-0.3, -0.25) is 9.59 Å². The largest absolute Gasteiger partial charge is 0.454 e. The highest BCUT2D eigenvalue weighted by Crippen LogP contribution is 2.35. The molecule has 9 nitrogen and oxygen atoms in total. The maximum absolute atomic E-state index is 14.9. The number of nitrogens with one attached hydrogen (secondary N) is 1. The summed E-state index contributed by atoms with van der Waals surface area (Å²) < 4.78 is 27.2. The number of anilines is 1. The first-order chi connectivity index (χ1) is 19.6. The van der Waals surface area contributed by atoms with Crippen LogP contribution in [0.2, 0.25) is 0 Å². The Morgan fingerprint density at radius 1 is 1.05 bits per heavy atom. The van der Waals surface area contributed by atoms with Gasteiger partial charge in [-0.05, 0) is 55.5 Å². The highest BCUT2D eigenvalue weighted by Gasteiger charge is 2.37. The van der Waals surface area contributed by atoms with E-state index in [9.17, 15) is 14.0 Å². The van der Waals surface area contributed by atoms with E-state index in [-0.39, 0.29) is 37.6 Å². The maximum atomic E-state index is 14.9. The Hall–Kier alpha value is -4.73. The number of fused-ring (bicyclic) bond motifs is 2. The molecule has 3 aromatic carbocycles. The molecule has 2 aliphatic rings. The number of halogens is 1. The molecule has 204 valence electrons. The van der Waals surface area contributed by atoms with Gasteiger partial charge in [0.25, 0.3) is 0 Å². The van der Waals surface area contributed by atoms with Crippen LogP contribution in [0.1, 0.15) is 24.8 Å². The van der Waals surface area contributed by atoms with Gasteiger partial charge in [0.2, 0.25) is 18.6 Å². The molecule has 2 amide bonds. The molecule has 2 heterocycles. The smallest absolute Gasteiger partial charge is 0.247 e. The van der Waals surface area contributed by atoms with Crippen molar-refractivity contribution in [1.29, 1.82) is 0 Å². The van der Waals surface area contributed by atoms with E-state index in [0.717, 1.165) is 6.42 Å². The number of hydrogen-bond acceptors (Lipinski definition) is 6. The normalized spacial score (nSPS) is 16.6. The summed E-state index contributed by atoms with van der Waals surface area (Å²) in [5.74, 6) is -0.186. The van der Waals surface area contributed by atoms with Gasteiger partial charge in [-0.25, -0.2) is 9.07 Å². The van der Waals surface area contributed by atoms with E-state index in [1.54, 1.807) is 36.4 Å². The summed E-state index contributed by atoms with van der Waals surface area (Å²) in [5.41, 5.74) is 2.20. The van der Waals surface area contributed by atoms with Gasteiger partial charge < -0.3 is 19.7 Å². The molecular formula is C30H28FN5O4. The van der Waals surface area contributed by atoms with Gasteiger partial charge in [0.05, 0.1) is 5.52 Å². The number of benzene rings is 3. The fraction of sp³-hybridized carbons (Fsp3) is 0.267. The number of carbonyl (C=O) groups excluding carboxylic acids is 2. The Morgan fingerprint density at radius 3 is 2.73 bits per heavy atom. The Morgan fingerprint density at radius 2 is 1.88 bits per heavy atom. The van der Waals surface area contributed by atoms with E-state index in [1.807, 2.05) is 30.3 Å². The molecule has 40 heavy (non-hydrogen) atoms. The van der Waals surface area contributed by atoms with E-state index in [1.165, 1.54) is 15.6 Å². The number of ether oxygens (including phenoxy) is 2. The molecule has 4 aromatic rings. The summed E-state index contributed by atoms with van der Waals surface area (Å²) in [7, 11) is 0. The van der Waals surface area contributed by atoms with Crippen LogP contribution < -0.4 is 14.8 Å². The predicted molar refractivity (Wildman–Crippen MR) is 146 cm³/mol. The molecule has 0 radical (unpaired) electrons. The van der Waals surface area contributed by atoms with Gasteiger partial charge in [-0.15, -0.1) is 5.10 Å². The first-order valence-electron chi connectivity index (χ1n) is 13.2. The summed E-state index contributed by atoms with van der Waals surface area (Å²) in [4.78, 5) is 29.5. The van der Waals surface area contributed by atoms with E-state index in [4.69, 9.17) is 9.47 Å². The van der Waals surface area contributed by atoms with E-state index >= 15 is 0 Å². The molecule has 10 heteroatoms. The van der Waals surface area contributed by atoms with Crippen LogP contribution in [0.4, 0.5) is 10.1 Å². The first kappa shape index (κ1) is 25.5. The Balaban J connectivity index is 1.35. The van der Waals surface area contributed by atoms with Crippen LogP contribution in [0.5, 0.6) is 11.5 Å². The maximum Gasteiger partial charge on any atom is 0.247 e. The lowest BCUT2D eigenvalue weighted by molar-refractivity contribution is -0.142. The number of carbonyl (C=O) groups is 2. The second kappa shape index (κ2) is 11.2. The van der Waals surface area contributed by atoms with Crippen LogP contribution >= 0.6 is 0 Å². The molecule has 6 rings (SSSR count). The highest BCUT2D eigenvalue weighted by molar-refractivity contribution is 5.98. The summed E-state index contributed by atoms with van der Waals surface area (Å²) in [5, 5.41) is 11.3. The summed E-state index contributed by atoms with van der Waals surface area (Å²) in [6.07, 6.45) is 6.23. The summed E-state index contributed by atoms with van der Waals surface area (Å²) in [6.45, 7) is -0.103. The molecule has 2 unspecified atom stereocenters. The van der Waals surface area contributed by atoms with Gasteiger partial charge in [0.15, 0.2) is 11.5 Å². The van der Waals surface area contributed by atoms with Crippen LogP contribution in [-0.4, -0.2) is 44.5 Å². The fourth-order valence-corrected chi connectivity index (χ4v) is 5.31. The minimum atomic E-state index is -0.864. The Labute approximate surface area is 230 Å². The molecule has 1 N–H and O–H groups in total. The highest BCUT2D eigenvalue weighted by atomic mass is 19.1. The van der Waals surface area contributed by atoms with E-state index in [0.29, 0.717) is 46.6 Å². The third-order valence-corrected chi connectivity index (χ3v) is 7.32. The molecule has 0 saturated carbocycles. The van der Waals surface area contributed by atoms with Crippen molar-refractivity contribution in [2.45, 2.75) is 38.4 Å². The number of rotatable bonds is 8. The molecule has 1 aliphatic heterocycles. The second-order valence-electron chi connectivity index (χ2n) is 9.90. The van der Waals surface area contributed by atoms with Gasteiger partial charge in [-0.1, -0.05) is 47.7 Å². The summed E-state index contributed by atoms with van der Waals surface area (Å²) in [6, 6.07) is 17.9. The number of nitrogens with zero attached hydrogens (tertiary/aromatic N) is 4. The van der Waals surface area contributed by atoms with E-state index in [2.05, 4.69) is 21.7 Å². The number of allylic oxidation sites excluding steroid dienone is 2. The van der Waals surface area contributed by atoms with Gasteiger partial charge in [0, 0.05) is 23.9 Å². The molecule has 1 aliphatic carbocycles. The van der Waals surface area contributed by atoms with Crippen LogP contribution in [0.15, 0.2) is 78.9 Å². The third kappa shape index (κ3) is 5.25. The third-order valence-electron chi connectivity index (χ3n) is 7.32. The van der Waals surface area contributed by atoms with Crippen LogP contribution in [-0.2, 0) is 22.7 Å². The standard InChI is InChI=1S/C30H28FN5O4/c31-23-11-5-4-10-21(23)17-35(28(37)18-36-25-13-7-6-12-24(25)33-34-36)29(20-8-2-1-3-9-20)30(38)32-22-14-15-26-27(16-22)40-19-39-26/h1-2,4-7,10-16,20,29H,3,8-9,17-19H2,(H,32,38). The molecule has 1 aromatic heterocycles. The van der Waals surface area contributed by atoms with Gasteiger partial charge >= 0.3 is 0 Å². The molecule has 0 saturated heterocycles. The average molecular weight is 542 g/mol. The van der Waals surface area contributed by atoms with Crippen molar-refractivity contribution in [2.75, 3.05) is 12.1 Å². The number of hydrogen-bond donors (Lipinski definition) is 1. The predicted octanol–water partition coefficient (Wildman–Crippen LogP) is 4.69. The molecule has 2 atom stereocenters. The van der Waals surface area contributed by atoms with Gasteiger partial charge in [-0.2, -0.15) is 0 Å². The quantitative estimate of drug-likeness (QED) is 0.325. The molecular weight excluding hydrogens is 513 g/mol. The second-order valence-corrected chi connectivity index (χ2v) is 9.90. The average Bonchev–Trinajstić information content (AvgIpc) is 3.61. The van der Waals surface area contributed by atoms with Crippen molar-refractivity contribution in [3.63, 3.8) is 0 Å². The van der Waals surface area contributed by atoms with Crippen molar-refractivity contribution in [1.82, 2.24) is 19.9 Å². The zero-order valence-electron chi connectivity index (χ0n) is 21.7. The number of aromatic nitrogens is 3. The lowest BCUT2D eigenvalue weighted by atomic mass is 9.85. The Kier molecular flexibility index (Phi) is 7.13. The number of para-hydroxylation sites is 1. The molecule has 0 fully saturated rings. The minimum Gasteiger partial charge on any atom is -0.454 e. The molecule has 0 bridgehead atoms. The van der Waals surface area contributed by atoms with Crippen molar-refractivity contribution >= 4 is 28.5 Å². The zero-order valence-corrected chi connectivity index (χ0v) is 21.7. The summed E-state index contributed by atoms with van der Waals surface area (Å²) >= 11 is 0. The lowest BCUT2D eigenvalue weighted by Gasteiger charge is -2.37. The minimum absolute atomic E-state index is 0.0718. The van der Waals surface area contributed by atoms with Crippen LogP contribution in [0.25, 0.3) is 11.0 Å². The zero-order chi connectivity index (χ0) is 27.5. The lowest BCUT2D eigenvalue weighted by Crippen LogP contribution is -2.52. The monoisotopic (exact) mass is 541 g/mol. The SMILES string of the molecule is O=C(Nc1ccc2c(c1)OCO2)C(C1CC=CCC1)N(Cc1ccccc1F)C(=O)Cn1nnc2ccccc21. The molecule has 0 spiro atoms.